The monoisotopic (exact) mass is 366 g/mol. The van der Waals surface area contributed by atoms with E-state index in [1.807, 2.05) is 6.07 Å². The zero-order chi connectivity index (χ0) is 18.0. The molecule has 25 heavy (non-hydrogen) atoms. The molecule has 0 unspecified atom stereocenters. The lowest BCUT2D eigenvalue weighted by Gasteiger charge is -2.24. The summed E-state index contributed by atoms with van der Waals surface area (Å²) in [4.78, 5) is 24.7. The number of anilines is 2. The van der Waals surface area contributed by atoms with Crippen molar-refractivity contribution in [2.24, 2.45) is 0 Å². The van der Waals surface area contributed by atoms with Crippen molar-refractivity contribution in [1.82, 2.24) is 0 Å². The highest BCUT2D eigenvalue weighted by atomic mass is 32.2. The Hall–Kier alpha value is -2.48. The molecule has 130 valence electrons. The van der Waals surface area contributed by atoms with Crippen LogP contribution in [0.25, 0.3) is 0 Å². The third-order valence-corrected chi connectivity index (χ3v) is 4.83. The van der Waals surface area contributed by atoms with Gasteiger partial charge >= 0.3 is 6.18 Å². The van der Waals surface area contributed by atoms with Gasteiger partial charge in [0.1, 0.15) is 0 Å². The molecule has 8 heteroatoms. The summed E-state index contributed by atoms with van der Waals surface area (Å²) in [7, 11) is 0. The molecule has 2 aromatic carbocycles. The maximum Gasteiger partial charge on any atom is 0.416 e. The summed E-state index contributed by atoms with van der Waals surface area (Å²) in [5, 5.41) is 4.43. The number of carbonyl (C=O) groups excluding carboxylic acids is 2. The van der Waals surface area contributed by atoms with Crippen LogP contribution in [0.4, 0.5) is 24.5 Å². The largest absolute Gasteiger partial charge is 0.416 e. The first-order chi connectivity index (χ1) is 11.8. The molecule has 3 rings (SSSR count). The lowest BCUT2D eigenvalue weighted by atomic mass is 10.1. The van der Waals surface area contributed by atoms with Gasteiger partial charge in [-0.2, -0.15) is 13.2 Å². The first-order valence-corrected chi connectivity index (χ1v) is 8.24. The van der Waals surface area contributed by atoms with E-state index in [1.165, 1.54) is 6.07 Å². The van der Waals surface area contributed by atoms with E-state index >= 15 is 0 Å². The highest BCUT2D eigenvalue weighted by Crippen LogP contribution is 2.40. The normalized spacial score (nSPS) is 16.8. The first kappa shape index (κ1) is 17.3. The number of rotatable bonds is 3. The summed E-state index contributed by atoms with van der Waals surface area (Å²) in [5.41, 5.74) is -0.0964. The fourth-order valence-electron chi connectivity index (χ4n) is 2.36. The maximum absolute atomic E-state index is 12.7. The number of hydrogen-bond donors (Lipinski definition) is 2. The number of carbonyl (C=O) groups is 2. The van der Waals surface area contributed by atoms with Crippen molar-refractivity contribution in [3.63, 3.8) is 0 Å². The van der Waals surface area contributed by atoms with Crippen molar-refractivity contribution < 1.29 is 22.8 Å². The van der Waals surface area contributed by atoms with E-state index in [4.69, 9.17) is 0 Å². The second kappa shape index (κ2) is 6.79. The summed E-state index contributed by atoms with van der Waals surface area (Å²) in [6, 6.07) is 12.0. The molecule has 2 aromatic rings. The van der Waals surface area contributed by atoms with Gasteiger partial charge < -0.3 is 10.6 Å². The predicted octanol–water partition coefficient (Wildman–Crippen LogP) is 4.15. The summed E-state index contributed by atoms with van der Waals surface area (Å²) in [5.74, 6) is -0.825. The topological polar surface area (TPSA) is 58.2 Å². The number of fused-ring (bicyclic) bond motifs is 1. The van der Waals surface area contributed by atoms with E-state index < -0.39 is 22.9 Å². The Morgan fingerprint density at radius 1 is 1.16 bits per heavy atom. The van der Waals surface area contributed by atoms with Crippen molar-refractivity contribution in [3.8, 4) is 0 Å². The molecule has 0 bridgehead atoms. The second-order valence-electron chi connectivity index (χ2n) is 5.42. The summed E-state index contributed by atoms with van der Waals surface area (Å²) in [6.07, 6.45) is -4.55. The average molecular weight is 366 g/mol. The van der Waals surface area contributed by atoms with E-state index in [2.05, 4.69) is 10.6 Å². The second-order valence-corrected chi connectivity index (χ2v) is 6.67. The summed E-state index contributed by atoms with van der Waals surface area (Å²) < 4.78 is 38.2. The zero-order valence-electron chi connectivity index (χ0n) is 12.8. The lowest BCUT2D eigenvalue weighted by Crippen LogP contribution is -2.32. The molecule has 0 aromatic heterocycles. The highest BCUT2D eigenvalue weighted by molar-refractivity contribution is 8.01. The van der Waals surface area contributed by atoms with E-state index in [1.54, 1.807) is 24.3 Å². The molecule has 2 N–H and O–H groups in total. The molecule has 0 radical (unpaired) electrons. The molecular formula is C17H13F3N2O2S. The van der Waals surface area contributed by atoms with Crippen LogP contribution in [0.5, 0.6) is 0 Å². The molecule has 1 aliphatic rings. The molecule has 2 amide bonds. The highest BCUT2D eigenvalue weighted by Gasteiger charge is 2.34. The molecule has 1 atom stereocenters. The molecule has 4 nitrogen and oxygen atoms in total. The first-order valence-electron chi connectivity index (χ1n) is 7.36. The summed E-state index contributed by atoms with van der Waals surface area (Å²) >= 11 is 1.08. The molecule has 0 fully saturated rings. The van der Waals surface area contributed by atoms with Gasteiger partial charge in [0, 0.05) is 17.0 Å². The van der Waals surface area contributed by atoms with Gasteiger partial charge in [-0.3, -0.25) is 9.59 Å². The number of nitrogens with one attached hydrogen (secondary N) is 2. The molecule has 0 spiro atoms. The number of alkyl halides is 3. The van der Waals surface area contributed by atoms with Gasteiger partial charge in [-0.1, -0.05) is 18.2 Å². The molecule has 0 saturated heterocycles. The van der Waals surface area contributed by atoms with Crippen LogP contribution in [-0.4, -0.2) is 17.1 Å². The van der Waals surface area contributed by atoms with Gasteiger partial charge in [-0.25, -0.2) is 0 Å². The SMILES string of the molecule is O=C(C[C@H]1Sc2ccc(C(F)(F)F)cc2NC1=O)Nc1ccccc1. The van der Waals surface area contributed by atoms with E-state index in [0.29, 0.717) is 10.6 Å². The number of hydrogen-bond acceptors (Lipinski definition) is 3. The fraction of sp³-hybridized carbons (Fsp3) is 0.176. The standard InChI is InChI=1S/C17H13F3N2O2S/c18-17(19,20)10-6-7-13-12(8-10)22-16(24)14(25-13)9-15(23)21-11-4-2-1-3-5-11/h1-8,14H,9H2,(H,21,23)(H,22,24)/t14-/m1/s1. The number of halogens is 3. The van der Waals surface area contributed by atoms with Crippen LogP contribution < -0.4 is 10.6 Å². The van der Waals surface area contributed by atoms with Crippen molar-refractivity contribution >= 4 is 35.0 Å². The Bertz CT molecular complexity index is 809. The number of benzene rings is 2. The predicted molar refractivity (Wildman–Crippen MR) is 89.4 cm³/mol. The van der Waals surface area contributed by atoms with Crippen LogP contribution in [-0.2, 0) is 15.8 Å². The van der Waals surface area contributed by atoms with Gasteiger partial charge in [-0.05, 0) is 30.3 Å². The van der Waals surface area contributed by atoms with E-state index in [9.17, 15) is 22.8 Å². The Morgan fingerprint density at radius 2 is 1.88 bits per heavy atom. The average Bonchev–Trinajstić information content (AvgIpc) is 2.55. The minimum atomic E-state index is -4.48. The van der Waals surface area contributed by atoms with Crippen molar-refractivity contribution in [2.75, 3.05) is 10.6 Å². The smallest absolute Gasteiger partial charge is 0.326 e. The maximum atomic E-state index is 12.7. The number of thioether (sulfide) groups is 1. The third-order valence-electron chi connectivity index (χ3n) is 3.55. The Balaban J connectivity index is 1.69. The van der Waals surface area contributed by atoms with Gasteiger partial charge in [0.2, 0.25) is 11.8 Å². The van der Waals surface area contributed by atoms with Crippen LogP contribution >= 0.6 is 11.8 Å². The van der Waals surface area contributed by atoms with Crippen LogP contribution in [0.2, 0.25) is 0 Å². The lowest BCUT2D eigenvalue weighted by molar-refractivity contribution is -0.137. The molecule has 0 saturated carbocycles. The van der Waals surface area contributed by atoms with Gasteiger partial charge in [-0.15, -0.1) is 11.8 Å². The van der Waals surface area contributed by atoms with Gasteiger partial charge in [0.15, 0.2) is 0 Å². The van der Waals surface area contributed by atoms with Crippen molar-refractivity contribution in [3.05, 3.63) is 54.1 Å². The van der Waals surface area contributed by atoms with Crippen LogP contribution in [0.1, 0.15) is 12.0 Å². The molecule has 1 heterocycles. The van der Waals surface area contributed by atoms with Gasteiger partial charge in [0.05, 0.1) is 16.5 Å². The van der Waals surface area contributed by atoms with Crippen LogP contribution in [0.3, 0.4) is 0 Å². The summed E-state index contributed by atoms with van der Waals surface area (Å²) in [6.45, 7) is 0. The Morgan fingerprint density at radius 3 is 2.56 bits per heavy atom. The van der Waals surface area contributed by atoms with Crippen LogP contribution in [0.15, 0.2) is 53.4 Å². The molecule has 0 aliphatic carbocycles. The minimum Gasteiger partial charge on any atom is -0.326 e. The molecule has 1 aliphatic heterocycles. The number of amides is 2. The third kappa shape index (κ3) is 4.14. The Labute approximate surface area is 145 Å². The van der Waals surface area contributed by atoms with Crippen LogP contribution in [0, 0.1) is 0 Å². The number of para-hydroxylation sites is 1. The van der Waals surface area contributed by atoms with Gasteiger partial charge in [0.25, 0.3) is 0 Å². The van der Waals surface area contributed by atoms with E-state index in [0.717, 1.165) is 23.9 Å². The van der Waals surface area contributed by atoms with Crippen molar-refractivity contribution in [2.45, 2.75) is 22.7 Å². The minimum absolute atomic E-state index is 0.0775. The quantitative estimate of drug-likeness (QED) is 0.858. The van der Waals surface area contributed by atoms with E-state index in [-0.39, 0.29) is 18.0 Å². The van der Waals surface area contributed by atoms with Crippen molar-refractivity contribution in [1.29, 1.82) is 0 Å². The fourth-order valence-corrected chi connectivity index (χ4v) is 3.45. The Kier molecular flexibility index (Phi) is 4.71. The molecular weight excluding hydrogens is 353 g/mol. The zero-order valence-corrected chi connectivity index (χ0v) is 13.6.